The van der Waals surface area contributed by atoms with Crippen molar-refractivity contribution in [3.05, 3.63) is 28.9 Å². The number of hydrogen-bond donors (Lipinski definition) is 2. The Kier molecular flexibility index (Phi) is 3.42. The number of benzene rings is 1. The van der Waals surface area contributed by atoms with E-state index < -0.39 is 11.9 Å². The Morgan fingerprint density at radius 3 is 2.53 bits per heavy atom. The van der Waals surface area contributed by atoms with Crippen LogP contribution in [0, 0.1) is 0 Å². The number of pyridine rings is 1. The van der Waals surface area contributed by atoms with Crippen LogP contribution >= 0.6 is 11.6 Å². The highest BCUT2D eigenvalue weighted by Crippen LogP contribution is 2.36. The van der Waals surface area contributed by atoms with Gasteiger partial charge in [0, 0.05) is 11.5 Å². The molecule has 0 radical (unpaired) electrons. The van der Waals surface area contributed by atoms with E-state index in [9.17, 15) is 13.2 Å². The van der Waals surface area contributed by atoms with Crippen LogP contribution in [0.15, 0.2) is 18.2 Å². The van der Waals surface area contributed by atoms with Gasteiger partial charge in [0.1, 0.15) is 11.4 Å². The number of alkyl halides is 3. The fourth-order valence-electron chi connectivity index (χ4n) is 1.65. The average Bonchev–Trinajstić information content (AvgIpc) is 2.35. The minimum Gasteiger partial charge on any atom is -0.495 e. The van der Waals surface area contributed by atoms with E-state index in [1.54, 1.807) is 0 Å². The first-order chi connectivity index (χ1) is 8.86. The second-order valence-corrected chi connectivity index (χ2v) is 4.11. The normalized spacial score (nSPS) is 11.7. The lowest BCUT2D eigenvalue weighted by molar-refractivity contribution is -0.140. The zero-order valence-corrected chi connectivity index (χ0v) is 10.4. The smallest absolute Gasteiger partial charge is 0.433 e. The van der Waals surface area contributed by atoms with Gasteiger partial charge in [0.2, 0.25) is 0 Å². The molecule has 0 saturated carbocycles. The summed E-state index contributed by atoms with van der Waals surface area (Å²) in [6.45, 7) is 0. The largest absolute Gasteiger partial charge is 0.495 e. The van der Waals surface area contributed by atoms with Gasteiger partial charge in [-0.1, -0.05) is 11.6 Å². The van der Waals surface area contributed by atoms with E-state index in [1.807, 2.05) is 0 Å². The molecule has 0 aliphatic rings. The second kappa shape index (κ2) is 4.75. The van der Waals surface area contributed by atoms with E-state index in [4.69, 9.17) is 22.2 Å². The van der Waals surface area contributed by atoms with Crippen molar-refractivity contribution < 1.29 is 17.9 Å². The van der Waals surface area contributed by atoms with Gasteiger partial charge in [0.25, 0.3) is 0 Å². The van der Waals surface area contributed by atoms with E-state index in [0.29, 0.717) is 5.39 Å². The van der Waals surface area contributed by atoms with E-state index in [-0.39, 0.29) is 22.0 Å². The van der Waals surface area contributed by atoms with Crippen LogP contribution in [0.2, 0.25) is 5.02 Å². The number of rotatable bonds is 2. The molecule has 19 heavy (non-hydrogen) atoms. The maximum atomic E-state index is 12.7. The van der Waals surface area contributed by atoms with Gasteiger partial charge in [-0.15, -0.1) is 0 Å². The quantitative estimate of drug-likeness (QED) is 0.659. The molecular formula is C11H9ClF3N3O. The van der Waals surface area contributed by atoms with Crippen LogP contribution in [0.1, 0.15) is 5.69 Å². The fourth-order valence-corrected chi connectivity index (χ4v) is 1.89. The number of aromatic nitrogens is 1. The Bertz CT molecular complexity index is 631. The number of halogens is 4. The molecule has 0 saturated heterocycles. The topological polar surface area (TPSA) is 60.2 Å². The maximum Gasteiger partial charge on any atom is 0.433 e. The van der Waals surface area contributed by atoms with Gasteiger partial charge in [-0.3, -0.25) is 5.84 Å². The predicted molar refractivity (Wildman–Crippen MR) is 66.1 cm³/mol. The molecule has 8 heteroatoms. The van der Waals surface area contributed by atoms with Crippen molar-refractivity contribution in [3.63, 3.8) is 0 Å². The Balaban J connectivity index is 2.78. The zero-order chi connectivity index (χ0) is 14.2. The number of hydrogen-bond acceptors (Lipinski definition) is 4. The van der Waals surface area contributed by atoms with Gasteiger partial charge in [0.05, 0.1) is 23.3 Å². The number of fused-ring (bicyclic) bond motifs is 1. The zero-order valence-electron chi connectivity index (χ0n) is 9.68. The summed E-state index contributed by atoms with van der Waals surface area (Å²) in [6, 6.07) is 3.59. The number of nitrogen functional groups attached to an aromatic ring is 1. The van der Waals surface area contributed by atoms with Crippen molar-refractivity contribution in [2.24, 2.45) is 5.84 Å². The minimum absolute atomic E-state index is 0.0851. The van der Waals surface area contributed by atoms with Crippen LogP contribution in [0.3, 0.4) is 0 Å². The molecule has 0 unspecified atom stereocenters. The van der Waals surface area contributed by atoms with Crippen molar-refractivity contribution in [2.45, 2.75) is 6.18 Å². The van der Waals surface area contributed by atoms with Crippen LogP contribution < -0.4 is 16.0 Å². The summed E-state index contributed by atoms with van der Waals surface area (Å²) in [6.07, 6.45) is -4.56. The molecule has 0 atom stereocenters. The molecule has 102 valence electrons. The summed E-state index contributed by atoms with van der Waals surface area (Å²) < 4.78 is 43.1. The number of nitrogens with one attached hydrogen (secondary N) is 1. The highest BCUT2D eigenvalue weighted by Gasteiger charge is 2.33. The Morgan fingerprint density at radius 2 is 2.00 bits per heavy atom. The summed E-state index contributed by atoms with van der Waals surface area (Å²) in [4.78, 5) is 3.55. The molecule has 4 nitrogen and oxygen atoms in total. The Hall–Kier alpha value is -1.73. The van der Waals surface area contributed by atoms with Crippen LogP contribution in [0.5, 0.6) is 5.75 Å². The molecule has 2 aromatic rings. The third kappa shape index (κ3) is 2.52. The lowest BCUT2D eigenvalue weighted by Crippen LogP contribution is -2.12. The molecule has 0 bridgehead atoms. The number of nitrogens with two attached hydrogens (primary N) is 1. The lowest BCUT2D eigenvalue weighted by Gasteiger charge is -2.12. The summed E-state index contributed by atoms with van der Waals surface area (Å²) in [5, 5.41) is 0.634. The summed E-state index contributed by atoms with van der Waals surface area (Å²) >= 11 is 5.92. The SMILES string of the molecule is COc1cc2nc(C(F)(F)F)cc(NN)c2cc1Cl. The lowest BCUT2D eigenvalue weighted by atomic mass is 10.1. The van der Waals surface area contributed by atoms with Crippen molar-refractivity contribution >= 4 is 28.2 Å². The van der Waals surface area contributed by atoms with Crippen LogP contribution in [-0.2, 0) is 6.18 Å². The molecule has 1 aromatic carbocycles. The molecule has 1 aromatic heterocycles. The fraction of sp³-hybridized carbons (Fsp3) is 0.182. The van der Waals surface area contributed by atoms with Gasteiger partial charge in [-0.25, -0.2) is 4.98 Å². The third-order valence-electron chi connectivity index (χ3n) is 2.53. The number of anilines is 1. The maximum absolute atomic E-state index is 12.7. The first kappa shape index (κ1) is 13.7. The monoisotopic (exact) mass is 291 g/mol. The Labute approximate surface area is 111 Å². The van der Waals surface area contributed by atoms with Crippen molar-refractivity contribution in [1.29, 1.82) is 0 Å². The summed E-state index contributed by atoms with van der Waals surface area (Å²) in [5.74, 6) is 5.47. The van der Waals surface area contributed by atoms with E-state index >= 15 is 0 Å². The van der Waals surface area contributed by atoms with Crippen LogP contribution in [0.4, 0.5) is 18.9 Å². The molecule has 0 amide bonds. The number of nitrogens with zero attached hydrogens (tertiary/aromatic N) is 1. The third-order valence-corrected chi connectivity index (χ3v) is 2.82. The van der Waals surface area contributed by atoms with Crippen molar-refractivity contribution in [3.8, 4) is 5.75 Å². The van der Waals surface area contributed by atoms with Gasteiger partial charge in [0.15, 0.2) is 0 Å². The highest BCUT2D eigenvalue weighted by molar-refractivity contribution is 6.33. The molecule has 2 rings (SSSR count). The molecule has 0 fully saturated rings. The highest BCUT2D eigenvalue weighted by atomic mass is 35.5. The van der Waals surface area contributed by atoms with E-state index in [2.05, 4.69) is 10.4 Å². The molecule has 1 heterocycles. The van der Waals surface area contributed by atoms with Gasteiger partial charge in [-0.2, -0.15) is 13.2 Å². The van der Waals surface area contributed by atoms with E-state index in [1.165, 1.54) is 19.2 Å². The molecule has 0 aliphatic carbocycles. The summed E-state index contributed by atoms with van der Waals surface area (Å²) in [5.41, 5.74) is 1.34. The molecule has 0 aliphatic heterocycles. The van der Waals surface area contributed by atoms with Crippen molar-refractivity contribution in [2.75, 3.05) is 12.5 Å². The minimum atomic E-state index is -4.56. The molecular weight excluding hydrogens is 283 g/mol. The molecule has 0 spiro atoms. The van der Waals surface area contributed by atoms with Crippen molar-refractivity contribution in [1.82, 2.24) is 4.98 Å². The van der Waals surface area contributed by atoms with E-state index in [0.717, 1.165) is 6.07 Å². The van der Waals surface area contributed by atoms with Gasteiger partial charge >= 0.3 is 6.18 Å². The number of hydrazine groups is 1. The first-order valence-electron chi connectivity index (χ1n) is 5.09. The number of methoxy groups -OCH3 is 1. The summed E-state index contributed by atoms with van der Waals surface area (Å²) in [7, 11) is 1.36. The predicted octanol–water partition coefficient (Wildman–Crippen LogP) is 3.20. The second-order valence-electron chi connectivity index (χ2n) is 3.70. The first-order valence-corrected chi connectivity index (χ1v) is 5.46. The number of ether oxygens (including phenoxy) is 1. The van der Waals surface area contributed by atoms with Crippen LogP contribution in [0.25, 0.3) is 10.9 Å². The van der Waals surface area contributed by atoms with Gasteiger partial charge in [-0.05, 0) is 12.1 Å². The van der Waals surface area contributed by atoms with Crippen LogP contribution in [-0.4, -0.2) is 12.1 Å². The standard InChI is InChI=1S/C11H9ClF3N3O/c1-19-9-3-7-5(2-6(9)12)8(18-16)4-10(17-7)11(13,14)15/h2-4H,16H2,1H3,(H,17,18). The average molecular weight is 292 g/mol. The Morgan fingerprint density at radius 1 is 1.32 bits per heavy atom. The molecule has 3 N–H and O–H groups in total. The van der Waals surface area contributed by atoms with Gasteiger partial charge < -0.3 is 10.2 Å².